The van der Waals surface area contributed by atoms with Gasteiger partial charge >= 0.3 is 0 Å². The Balaban J connectivity index is 3.36. The molecule has 4 nitrogen and oxygen atoms in total. The predicted molar refractivity (Wildman–Crippen MR) is 66.2 cm³/mol. The maximum atomic E-state index is 10.1. The maximum Gasteiger partial charge on any atom is 0.207 e. The van der Waals surface area contributed by atoms with Gasteiger partial charge in [0, 0.05) is 11.1 Å². The fourth-order valence-electron chi connectivity index (χ4n) is 1.88. The molecule has 0 aromatic heterocycles. The topological polar surface area (TPSA) is 58.9 Å². The number of phenolic OH excluding ortho intramolecular Hbond substituents is 2. The number of phenols is 2. The molecule has 96 valence electrons. The summed E-state index contributed by atoms with van der Waals surface area (Å²) in [5.41, 5.74) is 1.37. The summed E-state index contributed by atoms with van der Waals surface area (Å²) in [5, 5.41) is 20.1. The third kappa shape index (κ3) is 2.40. The quantitative estimate of drug-likeness (QED) is 0.777. The predicted octanol–water partition coefficient (Wildman–Crippen LogP) is 2.77. The highest BCUT2D eigenvalue weighted by atomic mass is 16.5. The molecule has 0 aliphatic heterocycles. The van der Waals surface area contributed by atoms with E-state index in [2.05, 4.69) is 6.92 Å². The SMILES string of the molecule is CCCCc1c(C)c(O)c(OC)c(OC)c1O. The summed E-state index contributed by atoms with van der Waals surface area (Å²) in [4.78, 5) is 0. The van der Waals surface area contributed by atoms with Crippen LogP contribution in [0, 0.1) is 6.92 Å². The van der Waals surface area contributed by atoms with Gasteiger partial charge < -0.3 is 19.7 Å². The minimum Gasteiger partial charge on any atom is -0.504 e. The van der Waals surface area contributed by atoms with Crippen LogP contribution in [-0.2, 0) is 6.42 Å². The van der Waals surface area contributed by atoms with Crippen LogP contribution >= 0.6 is 0 Å². The number of ether oxygens (including phenoxy) is 2. The molecule has 0 unspecified atom stereocenters. The van der Waals surface area contributed by atoms with E-state index in [1.165, 1.54) is 14.2 Å². The second-order valence-corrected chi connectivity index (χ2v) is 3.97. The van der Waals surface area contributed by atoms with Gasteiger partial charge in [0.05, 0.1) is 14.2 Å². The lowest BCUT2D eigenvalue weighted by molar-refractivity contribution is 0.313. The van der Waals surface area contributed by atoms with Crippen LogP contribution in [0.5, 0.6) is 23.0 Å². The first-order chi connectivity index (χ1) is 8.08. The van der Waals surface area contributed by atoms with Gasteiger partial charge in [0.2, 0.25) is 11.5 Å². The lowest BCUT2D eigenvalue weighted by Crippen LogP contribution is -1.98. The van der Waals surface area contributed by atoms with E-state index in [9.17, 15) is 10.2 Å². The van der Waals surface area contributed by atoms with Crippen LogP contribution in [0.4, 0.5) is 0 Å². The van der Waals surface area contributed by atoms with Crippen molar-refractivity contribution in [2.24, 2.45) is 0 Å². The number of rotatable bonds is 5. The van der Waals surface area contributed by atoms with E-state index in [0.29, 0.717) is 12.0 Å². The molecule has 0 saturated carbocycles. The van der Waals surface area contributed by atoms with Crippen molar-refractivity contribution >= 4 is 0 Å². The molecule has 0 aliphatic rings. The molecule has 2 N–H and O–H groups in total. The normalized spacial score (nSPS) is 10.4. The Morgan fingerprint density at radius 1 is 1.00 bits per heavy atom. The van der Waals surface area contributed by atoms with Gasteiger partial charge in [-0.05, 0) is 19.8 Å². The molecule has 1 aromatic carbocycles. The second-order valence-electron chi connectivity index (χ2n) is 3.97. The number of aromatic hydroxyl groups is 2. The van der Waals surface area contributed by atoms with E-state index in [1.807, 2.05) is 0 Å². The average Bonchev–Trinajstić information content (AvgIpc) is 2.33. The number of benzene rings is 1. The average molecular weight is 240 g/mol. The lowest BCUT2D eigenvalue weighted by Gasteiger charge is -2.17. The van der Waals surface area contributed by atoms with Crippen molar-refractivity contribution < 1.29 is 19.7 Å². The Bertz CT molecular complexity index is 399. The highest BCUT2D eigenvalue weighted by Gasteiger charge is 2.22. The second kappa shape index (κ2) is 5.66. The number of hydrogen-bond acceptors (Lipinski definition) is 4. The first kappa shape index (κ1) is 13.5. The van der Waals surface area contributed by atoms with Crippen molar-refractivity contribution in [1.82, 2.24) is 0 Å². The Morgan fingerprint density at radius 3 is 2.00 bits per heavy atom. The molecular weight excluding hydrogens is 220 g/mol. The number of methoxy groups -OCH3 is 2. The van der Waals surface area contributed by atoms with E-state index >= 15 is 0 Å². The standard InChI is InChI=1S/C13H20O4/c1-5-6-7-9-8(2)10(14)12(16-3)13(17-4)11(9)15/h14-15H,5-7H2,1-4H3. The Hall–Kier alpha value is -1.58. The maximum absolute atomic E-state index is 10.1. The van der Waals surface area contributed by atoms with Crippen molar-refractivity contribution in [3.05, 3.63) is 11.1 Å². The first-order valence-electron chi connectivity index (χ1n) is 5.73. The zero-order chi connectivity index (χ0) is 13.0. The third-order valence-electron chi connectivity index (χ3n) is 2.92. The third-order valence-corrected chi connectivity index (χ3v) is 2.92. The molecule has 1 rings (SSSR count). The molecule has 0 spiro atoms. The van der Waals surface area contributed by atoms with Gasteiger partial charge in [0.25, 0.3) is 0 Å². The molecule has 0 atom stereocenters. The minimum atomic E-state index is 0.0354. The summed E-state index contributed by atoms with van der Waals surface area (Å²) in [6.07, 6.45) is 2.68. The van der Waals surface area contributed by atoms with Gasteiger partial charge in [-0.3, -0.25) is 0 Å². The van der Waals surface area contributed by atoms with Crippen molar-refractivity contribution in [1.29, 1.82) is 0 Å². The fraction of sp³-hybridized carbons (Fsp3) is 0.538. The molecule has 0 aliphatic carbocycles. The molecule has 0 bridgehead atoms. The van der Waals surface area contributed by atoms with Gasteiger partial charge in [-0.1, -0.05) is 13.3 Å². The van der Waals surface area contributed by atoms with Crippen LogP contribution < -0.4 is 9.47 Å². The van der Waals surface area contributed by atoms with Gasteiger partial charge in [-0.2, -0.15) is 0 Å². The van der Waals surface area contributed by atoms with E-state index in [4.69, 9.17) is 9.47 Å². The van der Waals surface area contributed by atoms with E-state index < -0.39 is 0 Å². The molecular formula is C13H20O4. The van der Waals surface area contributed by atoms with Crippen LogP contribution in [0.2, 0.25) is 0 Å². The van der Waals surface area contributed by atoms with Crippen LogP contribution in [-0.4, -0.2) is 24.4 Å². The monoisotopic (exact) mass is 240 g/mol. The molecule has 0 fully saturated rings. The summed E-state index contributed by atoms with van der Waals surface area (Å²) in [6, 6.07) is 0. The molecule has 0 amide bonds. The summed E-state index contributed by atoms with van der Waals surface area (Å²) < 4.78 is 10.1. The van der Waals surface area contributed by atoms with E-state index in [1.54, 1.807) is 6.92 Å². The van der Waals surface area contributed by atoms with Gasteiger partial charge in [-0.15, -0.1) is 0 Å². The summed E-state index contributed by atoms with van der Waals surface area (Å²) in [7, 11) is 2.87. The van der Waals surface area contributed by atoms with Crippen LogP contribution in [0.25, 0.3) is 0 Å². The minimum absolute atomic E-state index is 0.0354. The first-order valence-corrected chi connectivity index (χ1v) is 5.73. The Morgan fingerprint density at radius 2 is 1.53 bits per heavy atom. The molecule has 4 heteroatoms. The summed E-state index contributed by atoms with van der Waals surface area (Å²) in [6.45, 7) is 3.84. The number of hydrogen-bond donors (Lipinski definition) is 2. The van der Waals surface area contributed by atoms with Crippen molar-refractivity contribution in [2.45, 2.75) is 33.1 Å². The van der Waals surface area contributed by atoms with Crippen LogP contribution in [0.15, 0.2) is 0 Å². The zero-order valence-electron chi connectivity index (χ0n) is 10.8. The summed E-state index contributed by atoms with van der Waals surface area (Å²) in [5.74, 6) is 0.478. The van der Waals surface area contributed by atoms with Crippen LogP contribution in [0.3, 0.4) is 0 Å². The molecule has 17 heavy (non-hydrogen) atoms. The van der Waals surface area contributed by atoms with E-state index in [0.717, 1.165) is 18.4 Å². The Kier molecular flexibility index (Phi) is 4.49. The highest BCUT2D eigenvalue weighted by Crippen LogP contribution is 2.48. The largest absolute Gasteiger partial charge is 0.504 e. The lowest BCUT2D eigenvalue weighted by atomic mass is 9.99. The molecule has 1 aromatic rings. The molecule has 0 saturated heterocycles. The van der Waals surface area contributed by atoms with E-state index in [-0.39, 0.29) is 23.0 Å². The van der Waals surface area contributed by atoms with Crippen molar-refractivity contribution in [3.8, 4) is 23.0 Å². The molecule has 0 radical (unpaired) electrons. The van der Waals surface area contributed by atoms with Crippen molar-refractivity contribution in [2.75, 3.05) is 14.2 Å². The van der Waals surface area contributed by atoms with Crippen LogP contribution in [0.1, 0.15) is 30.9 Å². The molecule has 0 heterocycles. The number of unbranched alkanes of at least 4 members (excludes halogenated alkanes) is 1. The Labute approximate surface area is 102 Å². The highest BCUT2D eigenvalue weighted by molar-refractivity contribution is 5.65. The zero-order valence-corrected chi connectivity index (χ0v) is 10.8. The van der Waals surface area contributed by atoms with Gasteiger partial charge in [0.15, 0.2) is 11.5 Å². The van der Waals surface area contributed by atoms with Gasteiger partial charge in [0.1, 0.15) is 0 Å². The van der Waals surface area contributed by atoms with Gasteiger partial charge in [-0.25, -0.2) is 0 Å². The summed E-state index contributed by atoms with van der Waals surface area (Å²) >= 11 is 0. The fourth-order valence-corrected chi connectivity index (χ4v) is 1.88. The van der Waals surface area contributed by atoms with Crippen molar-refractivity contribution in [3.63, 3.8) is 0 Å². The smallest absolute Gasteiger partial charge is 0.207 e.